The van der Waals surface area contributed by atoms with E-state index in [1.54, 1.807) is 17.0 Å². The van der Waals surface area contributed by atoms with Gasteiger partial charge in [0.1, 0.15) is 5.82 Å². The van der Waals surface area contributed by atoms with Crippen LogP contribution in [-0.2, 0) is 24.2 Å². The summed E-state index contributed by atoms with van der Waals surface area (Å²) in [6.45, 7) is 1.04. The Balaban J connectivity index is 1.32. The fraction of sp³-hybridized carbons (Fsp3) is 0.231. The summed E-state index contributed by atoms with van der Waals surface area (Å²) in [5, 5.41) is 5.80. The number of hydrogen-bond acceptors (Lipinski definition) is 2. The highest BCUT2D eigenvalue weighted by Crippen LogP contribution is 2.26. The molecular formula is C26H26FN3O2. The summed E-state index contributed by atoms with van der Waals surface area (Å²) in [5.74, 6) is -0.417. The molecule has 0 aromatic heterocycles. The molecule has 1 heterocycles. The summed E-state index contributed by atoms with van der Waals surface area (Å²) in [5.41, 5.74) is 4.54. The van der Waals surface area contributed by atoms with Crippen molar-refractivity contribution in [3.8, 4) is 0 Å². The SMILES string of the molecule is O=C(Cc1ccc(NC(=O)N2CCCCc3ccccc32)cc1)NCc1ccc(F)cc1. The Kier molecular flexibility index (Phi) is 6.80. The van der Waals surface area contributed by atoms with Gasteiger partial charge >= 0.3 is 6.03 Å². The number of para-hydroxylation sites is 1. The van der Waals surface area contributed by atoms with Crippen LogP contribution in [0.2, 0.25) is 0 Å². The van der Waals surface area contributed by atoms with E-state index < -0.39 is 0 Å². The van der Waals surface area contributed by atoms with E-state index in [1.807, 2.05) is 42.5 Å². The van der Waals surface area contributed by atoms with Crippen LogP contribution in [0.3, 0.4) is 0 Å². The second-order valence-electron chi connectivity index (χ2n) is 7.94. The van der Waals surface area contributed by atoms with Crippen LogP contribution in [0, 0.1) is 5.82 Å². The lowest BCUT2D eigenvalue weighted by atomic mass is 10.1. The number of hydrogen-bond donors (Lipinski definition) is 2. The van der Waals surface area contributed by atoms with Crippen LogP contribution in [-0.4, -0.2) is 18.5 Å². The molecule has 6 heteroatoms. The monoisotopic (exact) mass is 431 g/mol. The summed E-state index contributed by atoms with van der Waals surface area (Å²) in [6, 6.07) is 21.2. The first kappa shape index (κ1) is 21.6. The van der Waals surface area contributed by atoms with Gasteiger partial charge in [0.05, 0.1) is 6.42 Å². The van der Waals surface area contributed by atoms with Crippen molar-refractivity contribution < 1.29 is 14.0 Å². The van der Waals surface area contributed by atoms with Crippen LogP contribution < -0.4 is 15.5 Å². The number of urea groups is 1. The topological polar surface area (TPSA) is 61.4 Å². The molecule has 1 aliphatic rings. The second-order valence-corrected chi connectivity index (χ2v) is 7.94. The van der Waals surface area contributed by atoms with E-state index in [-0.39, 0.29) is 24.2 Å². The predicted octanol–water partition coefficient (Wildman–Crippen LogP) is 5.06. The van der Waals surface area contributed by atoms with Crippen LogP contribution >= 0.6 is 0 Å². The molecule has 5 nitrogen and oxygen atoms in total. The Hall–Kier alpha value is -3.67. The van der Waals surface area contributed by atoms with Gasteiger partial charge in [-0.3, -0.25) is 9.69 Å². The second kappa shape index (κ2) is 10.1. The molecule has 0 spiro atoms. The summed E-state index contributed by atoms with van der Waals surface area (Å²) >= 11 is 0. The third-order valence-corrected chi connectivity index (χ3v) is 5.58. The van der Waals surface area contributed by atoms with Crippen LogP contribution in [0.25, 0.3) is 0 Å². The Morgan fingerprint density at radius 2 is 1.59 bits per heavy atom. The Morgan fingerprint density at radius 3 is 2.38 bits per heavy atom. The number of nitrogens with one attached hydrogen (secondary N) is 2. The zero-order valence-electron chi connectivity index (χ0n) is 17.8. The standard InChI is InChI=1S/C26H26FN3O2/c27-22-12-8-20(9-13-22)18-28-25(31)17-19-10-14-23(15-11-19)29-26(32)30-16-4-3-6-21-5-1-2-7-24(21)30/h1-2,5,7-15H,3-4,6,16-18H2,(H,28,31)(H,29,32). The van der Waals surface area contributed by atoms with Gasteiger partial charge in [-0.1, -0.05) is 42.5 Å². The highest BCUT2D eigenvalue weighted by atomic mass is 19.1. The molecule has 0 fully saturated rings. The number of aryl methyl sites for hydroxylation is 1. The molecule has 2 N–H and O–H groups in total. The first-order valence-corrected chi connectivity index (χ1v) is 10.8. The van der Waals surface area contributed by atoms with E-state index in [0.29, 0.717) is 18.8 Å². The molecule has 3 aromatic rings. The molecule has 0 bridgehead atoms. The highest BCUT2D eigenvalue weighted by Gasteiger charge is 2.20. The first-order valence-electron chi connectivity index (χ1n) is 10.8. The molecule has 164 valence electrons. The van der Waals surface area contributed by atoms with Crippen molar-refractivity contribution in [2.24, 2.45) is 0 Å². The number of carbonyl (C=O) groups excluding carboxylic acids is 2. The lowest BCUT2D eigenvalue weighted by Gasteiger charge is -2.23. The molecule has 4 rings (SSSR count). The van der Waals surface area contributed by atoms with Crippen molar-refractivity contribution in [2.45, 2.75) is 32.2 Å². The van der Waals surface area contributed by atoms with E-state index in [2.05, 4.69) is 16.7 Å². The van der Waals surface area contributed by atoms with Gasteiger partial charge in [0.25, 0.3) is 0 Å². The molecule has 32 heavy (non-hydrogen) atoms. The number of anilines is 2. The first-order chi connectivity index (χ1) is 15.6. The van der Waals surface area contributed by atoms with Gasteiger partial charge in [-0.05, 0) is 66.3 Å². The Bertz CT molecular complexity index is 1080. The smallest absolute Gasteiger partial charge is 0.326 e. The van der Waals surface area contributed by atoms with Gasteiger partial charge in [0.15, 0.2) is 0 Å². The molecule has 0 saturated carbocycles. The largest absolute Gasteiger partial charge is 0.352 e. The molecule has 1 aliphatic heterocycles. The average Bonchev–Trinajstić information content (AvgIpc) is 3.03. The number of rotatable bonds is 5. The van der Waals surface area contributed by atoms with E-state index in [9.17, 15) is 14.0 Å². The third-order valence-electron chi connectivity index (χ3n) is 5.58. The van der Waals surface area contributed by atoms with Crippen molar-refractivity contribution in [1.82, 2.24) is 5.32 Å². The van der Waals surface area contributed by atoms with Crippen molar-refractivity contribution in [3.63, 3.8) is 0 Å². The minimum atomic E-state index is -0.299. The van der Waals surface area contributed by atoms with Crippen LogP contribution in [0.4, 0.5) is 20.6 Å². The minimum Gasteiger partial charge on any atom is -0.352 e. The number of nitrogens with zero attached hydrogens (tertiary/aromatic N) is 1. The fourth-order valence-electron chi connectivity index (χ4n) is 3.85. The van der Waals surface area contributed by atoms with E-state index in [0.717, 1.165) is 36.1 Å². The molecule has 0 radical (unpaired) electrons. The molecule has 3 amide bonds. The number of fused-ring (bicyclic) bond motifs is 1. The quantitative estimate of drug-likeness (QED) is 0.593. The predicted molar refractivity (Wildman–Crippen MR) is 124 cm³/mol. The van der Waals surface area contributed by atoms with Gasteiger partial charge in [-0.25, -0.2) is 9.18 Å². The molecule has 0 atom stereocenters. The summed E-state index contributed by atoms with van der Waals surface area (Å²) < 4.78 is 13.0. The minimum absolute atomic E-state index is 0.118. The zero-order chi connectivity index (χ0) is 22.3. The van der Waals surface area contributed by atoms with Crippen molar-refractivity contribution in [1.29, 1.82) is 0 Å². The van der Waals surface area contributed by atoms with E-state index in [4.69, 9.17) is 0 Å². The maximum atomic E-state index is 13.0. The van der Waals surface area contributed by atoms with Gasteiger partial charge in [-0.2, -0.15) is 0 Å². The van der Waals surface area contributed by atoms with Gasteiger partial charge < -0.3 is 10.6 Å². The summed E-state index contributed by atoms with van der Waals surface area (Å²) in [4.78, 5) is 26.9. The van der Waals surface area contributed by atoms with Crippen LogP contribution in [0.5, 0.6) is 0 Å². The zero-order valence-corrected chi connectivity index (χ0v) is 17.8. The number of carbonyl (C=O) groups is 2. The third kappa shape index (κ3) is 5.52. The number of benzene rings is 3. The Labute approximate surface area is 187 Å². The molecule has 0 unspecified atom stereocenters. The lowest BCUT2D eigenvalue weighted by Crippen LogP contribution is -2.35. The summed E-state index contributed by atoms with van der Waals surface area (Å²) in [7, 11) is 0. The molecular weight excluding hydrogens is 405 g/mol. The van der Waals surface area contributed by atoms with E-state index in [1.165, 1.54) is 17.7 Å². The molecule has 0 saturated heterocycles. The van der Waals surface area contributed by atoms with Gasteiger partial charge in [0.2, 0.25) is 5.91 Å². The maximum Gasteiger partial charge on any atom is 0.326 e. The van der Waals surface area contributed by atoms with Crippen molar-refractivity contribution >= 4 is 23.3 Å². The van der Waals surface area contributed by atoms with E-state index >= 15 is 0 Å². The van der Waals surface area contributed by atoms with Crippen LogP contribution in [0.15, 0.2) is 72.8 Å². The van der Waals surface area contributed by atoms with Gasteiger partial charge in [0, 0.05) is 24.5 Å². The fourth-order valence-corrected chi connectivity index (χ4v) is 3.85. The number of amides is 3. The van der Waals surface area contributed by atoms with Gasteiger partial charge in [-0.15, -0.1) is 0 Å². The van der Waals surface area contributed by atoms with Crippen LogP contribution in [0.1, 0.15) is 29.5 Å². The molecule has 0 aliphatic carbocycles. The maximum absolute atomic E-state index is 13.0. The summed E-state index contributed by atoms with van der Waals surface area (Å²) in [6.07, 6.45) is 3.25. The average molecular weight is 432 g/mol. The number of halogens is 1. The lowest BCUT2D eigenvalue weighted by molar-refractivity contribution is -0.120. The Morgan fingerprint density at radius 1 is 0.875 bits per heavy atom. The highest BCUT2D eigenvalue weighted by molar-refractivity contribution is 6.02. The van der Waals surface area contributed by atoms with Crippen molar-refractivity contribution in [3.05, 3.63) is 95.3 Å². The normalized spacial score (nSPS) is 13.1. The molecule has 3 aromatic carbocycles. The van der Waals surface area contributed by atoms with Crippen molar-refractivity contribution in [2.75, 3.05) is 16.8 Å².